The first kappa shape index (κ1) is 23.1. The summed E-state index contributed by atoms with van der Waals surface area (Å²) in [4.78, 5) is 29.1. The van der Waals surface area contributed by atoms with Crippen molar-refractivity contribution in [3.63, 3.8) is 0 Å². The van der Waals surface area contributed by atoms with Gasteiger partial charge in [0.1, 0.15) is 5.82 Å². The average molecular weight is 461 g/mol. The fourth-order valence-corrected chi connectivity index (χ4v) is 4.78. The van der Waals surface area contributed by atoms with Gasteiger partial charge in [-0.1, -0.05) is 25.1 Å². The number of aryl methyl sites for hydroxylation is 1. The van der Waals surface area contributed by atoms with Gasteiger partial charge in [0.25, 0.3) is 0 Å². The van der Waals surface area contributed by atoms with Gasteiger partial charge in [0.2, 0.25) is 5.91 Å². The molecule has 2 saturated heterocycles. The summed E-state index contributed by atoms with van der Waals surface area (Å²) in [7, 11) is 0. The van der Waals surface area contributed by atoms with Crippen LogP contribution in [0.25, 0.3) is 0 Å². The summed E-state index contributed by atoms with van der Waals surface area (Å²) in [5, 5.41) is 2.98. The van der Waals surface area contributed by atoms with Crippen LogP contribution in [0.15, 0.2) is 36.4 Å². The first-order valence-corrected chi connectivity index (χ1v) is 11.1. The van der Waals surface area contributed by atoms with E-state index in [-0.39, 0.29) is 42.4 Å². The second kappa shape index (κ2) is 9.43. The molecule has 0 unspecified atom stereocenters. The minimum Gasteiger partial charge on any atom is -0.336 e. The number of fused-ring (bicyclic) bond motifs is 2. The molecule has 2 aliphatic heterocycles. The van der Waals surface area contributed by atoms with Crippen molar-refractivity contribution < 1.29 is 22.8 Å². The molecule has 0 aliphatic carbocycles. The molecule has 0 radical (unpaired) electrons. The number of hydrogen-bond acceptors (Lipinski definition) is 3. The Morgan fingerprint density at radius 1 is 1.03 bits per heavy atom. The van der Waals surface area contributed by atoms with Crippen LogP contribution in [-0.4, -0.2) is 53.0 Å². The zero-order valence-corrected chi connectivity index (χ0v) is 18.4. The predicted octanol–water partition coefficient (Wildman–Crippen LogP) is 3.44. The van der Waals surface area contributed by atoms with Gasteiger partial charge in [0.05, 0.1) is 12.1 Å². The van der Waals surface area contributed by atoms with Crippen LogP contribution in [0.5, 0.6) is 0 Å². The van der Waals surface area contributed by atoms with Crippen LogP contribution in [0, 0.1) is 17.5 Å². The Bertz CT molecular complexity index is 1060. The Morgan fingerprint density at radius 3 is 2.39 bits per heavy atom. The molecular formula is C24H27F3N4O2. The van der Waals surface area contributed by atoms with Crippen LogP contribution in [0.4, 0.5) is 23.7 Å². The van der Waals surface area contributed by atoms with Crippen LogP contribution in [0.2, 0.25) is 0 Å². The standard InChI is InChI=1S/C24H27F3N4O2/c1-2-14-5-3-4-6-22(14)29-24(33)31-13-17-10-18(31)12-30(17)23(32)9-16(28)7-15-8-20(26)21(27)11-19(15)25/h3-6,8,11,16-18H,2,7,9-10,12-13,28H2,1H3,(H,29,33)/t16-,17-,18-/m1/s1. The van der Waals surface area contributed by atoms with Crippen molar-refractivity contribution in [2.45, 2.75) is 50.7 Å². The summed E-state index contributed by atoms with van der Waals surface area (Å²) >= 11 is 0. The number of rotatable bonds is 6. The summed E-state index contributed by atoms with van der Waals surface area (Å²) in [6, 6.07) is 7.83. The molecule has 0 aromatic heterocycles. The third-order valence-corrected chi connectivity index (χ3v) is 6.47. The van der Waals surface area contributed by atoms with Crippen LogP contribution >= 0.6 is 0 Å². The lowest BCUT2D eigenvalue weighted by Gasteiger charge is -2.34. The number of benzene rings is 2. The molecular weight excluding hydrogens is 433 g/mol. The molecule has 3 N–H and O–H groups in total. The lowest BCUT2D eigenvalue weighted by atomic mass is 10.0. The van der Waals surface area contributed by atoms with E-state index in [1.54, 1.807) is 9.80 Å². The number of hydrogen-bond donors (Lipinski definition) is 2. The minimum atomic E-state index is -1.26. The number of likely N-dealkylation sites (tertiary alicyclic amines) is 2. The molecule has 9 heteroatoms. The number of nitrogens with two attached hydrogens (primary N) is 1. The number of urea groups is 1. The number of carbonyl (C=O) groups is 2. The zero-order chi connectivity index (χ0) is 23.7. The number of halogens is 3. The van der Waals surface area contributed by atoms with E-state index in [0.29, 0.717) is 25.6 Å². The number of anilines is 1. The smallest absolute Gasteiger partial charge is 0.322 e. The van der Waals surface area contributed by atoms with Crippen molar-refractivity contribution in [1.29, 1.82) is 0 Å². The van der Waals surface area contributed by atoms with Gasteiger partial charge in [-0.2, -0.15) is 0 Å². The maximum atomic E-state index is 13.9. The quantitative estimate of drug-likeness (QED) is 0.649. The number of nitrogens with zero attached hydrogens (tertiary/aromatic N) is 2. The van der Waals surface area contributed by atoms with E-state index in [1.165, 1.54) is 0 Å². The topological polar surface area (TPSA) is 78.7 Å². The number of amides is 3. The predicted molar refractivity (Wildman–Crippen MR) is 118 cm³/mol. The van der Waals surface area contributed by atoms with Gasteiger partial charge >= 0.3 is 6.03 Å². The summed E-state index contributed by atoms with van der Waals surface area (Å²) < 4.78 is 40.4. The Balaban J connectivity index is 1.32. The van der Waals surface area contributed by atoms with Crippen molar-refractivity contribution >= 4 is 17.6 Å². The van der Waals surface area contributed by atoms with Gasteiger partial charge in [0, 0.05) is 37.3 Å². The van der Waals surface area contributed by atoms with Crippen molar-refractivity contribution in [3.05, 3.63) is 65.0 Å². The molecule has 33 heavy (non-hydrogen) atoms. The molecule has 176 valence electrons. The lowest BCUT2D eigenvalue weighted by molar-refractivity contribution is -0.133. The number of carbonyl (C=O) groups excluding carboxylic acids is 2. The number of para-hydroxylation sites is 1. The second-order valence-electron chi connectivity index (χ2n) is 8.71. The number of piperazine rings is 1. The zero-order valence-electron chi connectivity index (χ0n) is 18.4. The molecule has 2 aliphatic rings. The van der Waals surface area contributed by atoms with E-state index in [0.717, 1.165) is 23.7 Å². The molecule has 3 atom stereocenters. The lowest BCUT2D eigenvalue weighted by Crippen LogP contribution is -2.52. The molecule has 0 spiro atoms. The van der Waals surface area contributed by atoms with Gasteiger partial charge < -0.3 is 20.9 Å². The van der Waals surface area contributed by atoms with E-state index in [4.69, 9.17) is 5.73 Å². The Kier molecular flexibility index (Phi) is 6.60. The molecule has 3 amide bonds. The highest BCUT2D eigenvalue weighted by atomic mass is 19.2. The first-order chi connectivity index (χ1) is 15.8. The van der Waals surface area contributed by atoms with Gasteiger partial charge in [-0.25, -0.2) is 18.0 Å². The average Bonchev–Trinajstić information content (AvgIpc) is 3.39. The van der Waals surface area contributed by atoms with Gasteiger partial charge in [-0.05, 0) is 42.5 Å². The maximum Gasteiger partial charge on any atom is 0.322 e. The number of nitrogens with one attached hydrogen (secondary N) is 1. The molecule has 2 bridgehead atoms. The largest absolute Gasteiger partial charge is 0.336 e. The minimum absolute atomic E-state index is 0.0439. The van der Waals surface area contributed by atoms with E-state index in [9.17, 15) is 22.8 Å². The highest BCUT2D eigenvalue weighted by Gasteiger charge is 2.47. The molecule has 2 aromatic rings. The maximum absolute atomic E-state index is 13.9. The third kappa shape index (κ3) is 4.83. The van der Waals surface area contributed by atoms with E-state index in [1.807, 2.05) is 31.2 Å². The van der Waals surface area contributed by atoms with Gasteiger partial charge in [-0.3, -0.25) is 4.79 Å². The fraction of sp³-hybridized carbons (Fsp3) is 0.417. The summed E-state index contributed by atoms with van der Waals surface area (Å²) in [6.07, 6.45) is 1.38. The SMILES string of the molecule is CCc1ccccc1NC(=O)N1C[C@H]2C[C@@H]1CN2C(=O)C[C@H](N)Cc1cc(F)c(F)cc1F. The van der Waals surface area contributed by atoms with Crippen molar-refractivity contribution in [2.24, 2.45) is 5.73 Å². The summed E-state index contributed by atoms with van der Waals surface area (Å²) in [5.74, 6) is -3.49. The second-order valence-corrected chi connectivity index (χ2v) is 8.71. The molecule has 2 fully saturated rings. The molecule has 2 aromatic carbocycles. The van der Waals surface area contributed by atoms with Gasteiger partial charge in [-0.15, -0.1) is 0 Å². The van der Waals surface area contributed by atoms with E-state index < -0.39 is 23.5 Å². The van der Waals surface area contributed by atoms with Crippen LogP contribution in [-0.2, 0) is 17.6 Å². The van der Waals surface area contributed by atoms with Crippen LogP contribution < -0.4 is 11.1 Å². The summed E-state index contributed by atoms with van der Waals surface area (Å²) in [5.41, 5.74) is 7.79. The summed E-state index contributed by atoms with van der Waals surface area (Å²) in [6.45, 7) is 2.88. The van der Waals surface area contributed by atoms with E-state index in [2.05, 4.69) is 5.32 Å². The first-order valence-electron chi connectivity index (χ1n) is 11.1. The molecule has 2 heterocycles. The molecule has 0 saturated carbocycles. The van der Waals surface area contributed by atoms with Crippen molar-refractivity contribution in [3.8, 4) is 0 Å². The molecule has 6 nitrogen and oxygen atoms in total. The Labute approximate surface area is 190 Å². The van der Waals surface area contributed by atoms with E-state index >= 15 is 0 Å². The molecule has 4 rings (SSSR count). The highest BCUT2D eigenvalue weighted by molar-refractivity contribution is 5.91. The van der Waals surface area contributed by atoms with Gasteiger partial charge in [0.15, 0.2) is 11.6 Å². The van der Waals surface area contributed by atoms with Crippen molar-refractivity contribution in [2.75, 3.05) is 18.4 Å². The highest BCUT2D eigenvalue weighted by Crippen LogP contribution is 2.32. The normalized spacial score (nSPS) is 20.3. The Morgan fingerprint density at radius 2 is 1.70 bits per heavy atom. The third-order valence-electron chi connectivity index (χ3n) is 6.47. The monoisotopic (exact) mass is 460 g/mol. The van der Waals surface area contributed by atoms with Crippen LogP contribution in [0.1, 0.15) is 30.9 Å². The Hall–Kier alpha value is -3.07. The fourth-order valence-electron chi connectivity index (χ4n) is 4.78. The van der Waals surface area contributed by atoms with Crippen LogP contribution in [0.3, 0.4) is 0 Å². The van der Waals surface area contributed by atoms with Crippen molar-refractivity contribution in [1.82, 2.24) is 9.80 Å².